The second-order valence-corrected chi connectivity index (χ2v) is 10.3. The molecule has 0 spiro atoms. The number of aromatic nitrogens is 1. The van der Waals surface area contributed by atoms with E-state index in [1.807, 2.05) is 0 Å². The summed E-state index contributed by atoms with van der Waals surface area (Å²) in [4.78, 5) is 6.20. The Balaban J connectivity index is 1.52. The van der Waals surface area contributed by atoms with Crippen molar-refractivity contribution in [3.63, 3.8) is 0 Å². The number of fused-ring (bicyclic) bond motifs is 7. The van der Waals surface area contributed by atoms with Gasteiger partial charge in [-0.3, -0.25) is 0 Å². The quantitative estimate of drug-likeness (QED) is 0.698. The molecule has 1 heterocycles. The van der Waals surface area contributed by atoms with Gasteiger partial charge in [-0.1, -0.05) is 25.5 Å². The van der Waals surface area contributed by atoms with Crippen molar-refractivity contribution in [3.05, 3.63) is 22.2 Å². The van der Waals surface area contributed by atoms with Crippen LogP contribution in [0.5, 0.6) is 0 Å². The molecule has 4 heteroatoms. The first-order valence-electron chi connectivity index (χ1n) is 9.55. The summed E-state index contributed by atoms with van der Waals surface area (Å²) in [6.45, 7) is 4.94. The summed E-state index contributed by atoms with van der Waals surface area (Å²) < 4.78 is 0. The first-order chi connectivity index (χ1) is 11.4. The minimum atomic E-state index is -0.111. The average Bonchev–Trinajstić information content (AvgIpc) is 3.03. The summed E-state index contributed by atoms with van der Waals surface area (Å²) in [5.74, 6) is 2.29. The molecule has 0 unspecified atom stereocenters. The van der Waals surface area contributed by atoms with Gasteiger partial charge in [0.2, 0.25) is 0 Å². The van der Waals surface area contributed by atoms with E-state index < -0.39 is 0 Å². The van der Waals surface area contributed by atoms with Crippen LogP contribution < -0.4 is 5.73 Å². The van der Waals surface area contributed by atoms with Crippen molar-refractivity contribution in [1.82, 2.24) is 4.98 Å². The van der Waals surface area contributed by atoms with Gasteiger partial charge in [-0.25, -0.2) is 4.98 Å². The highest BCUT2D eigenvalue weighted by molar-refractivity contribution is 7.15. The zero-order valence-corrected chi connectivity index (χ0v) is 15.5. The van der Waals surface area contributed by atoms with Crippen LogP contribution in [-0.4, -0.2) is 16.2 Å². The molecule has 0 bridgehead atoms. The van der Waals surface area contributed by atoms with E-state index in [4.69, 9.17) is 10.7 Å². The summed E-state index contributed by atoms with van der Waals surface area (Å²) in [5.41, 5.74) is 9.44. The summed E-state index contributed by atoms with van der Waals surface area (Å²) in [7, 11) is 0. The number of hydrogen-bond acceptors (Lipinski definition) is 4. The molecule has 0 amide bonds. The van der Waals surface area contributed by atoms with E-state index in [9.17, 15) is 5.11 Å². The number of thiazole rings is 1. The second kappa shape index (κ2) is 4.85. The van der Waals surface area contributed by atoms with Gasteiger partial charge in [0.15, 0.2) is 5.13 Å². The molecule has 24 heavy (non-hydrogen) atoms. The van der Waals surface area contributed by atoms with E-state index in [2.05, 4.69) is 19.9 Å². The lowest BCUT2D eigenvalue weighted by Gasteiger charge is -2.57. The normalized spacial score (nSPS) is 46.5. The summed E-state index contributed by atoms with van der Waals surface area (Å²) in [6.07, 6.45) is 10.4. The van der Waals surface area contributed by atoms with Crippen LogP contribution >= 0.6 is 11.3 Å². The fourth-order valence-electron chi connectivity index (χ4n) is 6.79. The topological polar surface area (TPSA) is 59.1 Å². The summed E-state index contributed by atoms with van der Waals surface area (Å²) in [6, 6.07) is 0. The second-order valence-electron chi connectivity index (χ2n) is 9.14. The van der Waals surface area contributed by atoms with E-state index in [0.717, 1.165) is 42.1 Å². The van der Waals surface area contributed by atoms with Crippen LogP contribution in [0.2, 0.25) is 0 Å². The first-order valence-corrected chi connectivity index (χ1v) is 10.4. The van der Waals surface area contributed by atoms with Crippen molar-refractivity contribution in [3.8, 4) is 0 Å². The van der Waals surface area contributed by atoms with Crippen LogP contribution in [0, 0.1) is 23.2 Å². The number of nitrogen functional groups attached to an aromatic ring is 1. The molecule has 2 fully saturated rings. The number of aliphatic hydroxyl groups excluding tert-OH is 1. The number of nitrogens with two attached hydrogens (primary N) is 1. The Morgan fingerprint density at radius 1 is 1.17 bits per heavy atom. The number of allylic oxidation sites excluding steroid dienone is 1. The number of rotatable bonds is 0. The molecule has 5 rings (SSSR count). The van der Waals surface area contributed by atoms with Gasteiger partial charge in [-0.15, -0.1) is 11.3 Å². The van der Waals surface area contributed by atoms with E-state index in [-0.39, 0.29) is 11.5 Å². The molecular weight excluding hydrogens is 316 g/mol. The van der Waals surface area contributed by atoms with Gasteiger partial charge in [0, 0.05) is 10.3 Å². The molecular formula is C20H28N2OS. The molecule has 0 aromatic carbocycles. The van der Waals surface area contributed by atoms with E-state index >= 15 is 0 Å². The monoisotopic (exact) mass is 344 g/mol. The maximum Gasteiger partial charge on any atom is 0.180 e. The zero-order chi connectivity index (χ0) is 16.7. The van der Waals surface area contributed by atoms with Crippen molar-refractivity contribution < 1.29 is 5.11 Å². The largest absolute Gasteiger partial charge is 0.393 e. The van der Waals surface area contributed by atoms with Gasteiger partial charge in [-0.05, 0) is 68.1 Å². The van der Waals surface area contributed by atoms with Gasteiger partial charge in [0.25, 0.3) is 0 Å². The number of aliphatic hydroxyl groups is 1. The number of anilines is 1. The highest BCUT2D eigenvalue weighted by atomic mass is 32.1. The molecule has 0 radical (unpaired) electrons. The molecule has 2 saturated carbocycles. The molecule has 4 aliphatic carbocycles. The van der Waals surface area contributed by atoms with Gasteiger partial charge < -0.3 is 10.8 Å². The predicted molar refractivity (Wildman–Crippen MR) is 98.0 cm³/mol. The number of hydrogen-bond donors (Lipinski definition) is 2. The summed E-state index contributed by atoms with van der Waals surface area (Å²) in [5, 5.41) is 10.9. The standard InChI is InChI=1S/C20H28N2OS/c1-19-7-5-12(23)9-11(19)3-4-13-14(19)6-8-20(2)15(13)10-16-17(20)22-18(21)24-16/h3,12-15,23H,4-10H2,1-2H3,(H2,21,22)/t12-,13+,14-,15-,19-,20-/m0/s1. The van der Waals surface area contributed by atoms with Crippen LogP contribution in [-0.2, 0) is 11.8 Å². The lowest BCUT2D eigenvalue weighted by Crippen LogP contribution is -2.51. The maximum atomic E-state index is 10.1. The Morgan fingerprint density at radius 3 is 2.79 bits per heavy atom. The van der Waals surface area contributed by atoms with Crippen LogP contribution in [0.4, 0.5) is 5.13 Å². The molecule has 3 N–H and O–H groups in total. The van der Waals surface area contributed by atoms with Crippen LogP contribution in [0.3, 0.4) is 0 Å². The maximum absolute atomic E-state index is 10.1. The van der Waals surface area contributed by atoms with Crippen molar-refractivity contribution >= 4 is 16.5 Å². The Hall–Kier alpha value is -0.870. The molecule has 3 nitrogen and oxygen atoms in total. The fraction of sp³-hybridized carbons (Fsp3) is 0.750. The van der Waals surface area contributed by atoms with E-state index in [0.29, 0.717) is 5.41 Å². The lowest BCUT2D eigenvalue weighted by atomic mass is 9.48. The molecule has 4 aliphatic rings. The average molecular weight is 345 g/mol. The van der Waals surface area contributed by atoms with Crippen molar-refractivity contribution in [2.24, 2.45) is 23.2 Å². The van der Waals surface area contributed by atoms with E-state index in [1.54, 1.807) is 16.9 Å². The number of nitrogens with zero attached hydrogens (tertiary/aromatic N) is 1. The minimum absolute atomic E-state index is 0.111. The Morgan fingerprint density at radius 2 is 1.96 bits per heavy atom. The molecule has 1 aromatic rings. The minimum Gasteiger partial charge on any atom is -0.393 e. The zero-order valence-electron chi connectivity index (χ0n) is 14.7. The smallest absolute Gasteiger partial charge is 0.180 e. The Kier molecular flexibility index (Phi) is 3.11. The molecule has 1 aromatic heterocycles. The van der Waals surface area contributed by atoms with Crippen LogP contribution in [0.15, 0.2) is 11.6 Å². The van der Waals surface area contributed by atoms with Crippen molar-refractivity contribution in [1.29, 1.82) is 0 Å². The molecule has 0 saturated heterocycles. The van der Waals surface area contributed by atoms with Crippen molar-refractivity contribution in [2.75, 3.05) is 5.73 Å². The summed E-state index contributed by atoms with van der Waals surface area (Å²) >= 11 is 1.72. The molecule has 130 valence electrons. The molecule has 0 aliphatic heterocycles. The SMILES string of the molecule is C[C@]12CC[C@H](O)CC1=CC[C@@H]1[C@@H]2CC[C@]2(C)c3nc(N)sc3C[C@@H]12. The highest BCUT2D eigenvalue weighted by Crippen LogP contribution is 2.64. The predicted octanol–water partition coefficient (Wildman–Crippen LogP) is 4.06. The van der Waals surface area contributed by atoms with Gasteiger partial charge in [0.05, 0.1) is 11.8 Å². The van der Waals surface area contributed by atoms with Crippen LogP contribution in [0.25, 0.3) is 0 Å². The Labute approximate surface area is 148 Å². The highest BCUT2D eigenvalue weighted by Gasteiger charge is 2.58. The third-order valence-corrected chi connectivity index (χ3v) is 9.03. The van der Waals surface area contributed by atoms with Crippen molar-refractivity contribution in [2.45, 2.75) is 70.3 Å². The van der Waals surface area contributed by atoms with Gasteiger partial charge >= 0.3 is 0 Å². The van der Waals surface area contributed by atoms with Gasteiger partial charge in [-0.2, -0.15) is 0 Å². The van der Waals surface area contributed by atoms with E-state index in [1.165, 1.54) is 36.3 Å². The first kappa shape index (κ1) is 15.4. The third-order valence-electron chi connectivity index (χ3n) is 8.13. The Bertz CT molecular complexity index is 725. The van der Waals surface area contributed by atoms with Crippen LogP contribution in [0.1, 0.15) is 62.9 Å². The third kappa shape index (κ3) is 1.84. The lowest BCUT2D eigenvalue weighted by molar-refractivity contribution is -0.0169. The molecule has 6 atom stereocenters. The van der Waals surface area contributed by atoms with Gasteiger partial charge in [0.1, 0.15) is 0 Å². The fourth-order valence-corrected chi connectivity index (χ4v) is 7.81.